The van der Waals surface area contributed by atoms with Crippen LogP contribution >= 0.6 is 0 Å². The van der Waals surface area contributed by atoms with Crippen molar-refractivity contribution in [2.75, 3.05) is 39.4 Å². The maximum absolute atomic E-state index is 13.6. The van der Waals surface area contributed by atoms with Crippen molar-refractivity contribution in [1.29, 1.82) is 0 Å². The second-order valence-electron chi connectivity index (χ2n) is 8.34. The van der Waals surface area contributed by atoms with Crippen LogP contribution in [0.2, 0.25) is 0 Å². The summed E-state index contributed by atoms with van der Waals surface area (Å²) in [5.74, 6) is 0.982. The first-order valence-corrected chi connectivity index (χ1v) is 12.1. The van der Waals surface area contributed by atoms with E-state index in [0.717, 1.165) is 18.7 Å². The monoisotopic (exact) mass is 476 g/mol. The van der Waals surface area contributed by atoms with E-state index in [0.29, 0.717) is 54.3 Å². The first kappa shape index (κ1) is 24.5. The fourth-order valence-electron chi connectivity index (χ4n) is 4.56. The smallest absolute Gasteiger partial charge is 0.290 e. The number of carbonyl (C=O) groups excluding carboxylic acids is 1. The van der Waals surface area contributed by atoms with E-state index < -0.39 is 6.04 Å². The molecule has 2 heterocycles. The molecule has 0 spiro atoms. The Morgan fingerprint density at radius 1 is 1.06 bits per heavy atom. The van der Waals surface area contributed by atoms with Gasteiger partial charge in [0.1, 0.15) is 12.2 Å². The van der Waals surface area contributed by atoms with Crippen LogP contribution in [0.1, 0.15) is 48.5 Å². The molecular weight excluding hydrogens is 444 g/mol. The summed E-state index contributed by atoms with van der Waals surface area (Å²) in [6.07, 6.45) is 1.67. The second kappa shape index (κ2) is 10.8. The normalized spacial score (nSPS) is 15.0. The van der Waals surface area contributed by atoms with Crippen molar-refractivity contribution < 1.29 is 18.7 Å². The van der Waals surface area contributed by atoms with Gasteiger partial charge in [-0.3, -0.25) is 9.59 Å². The van der Waals surface area contributed by atoms with Crippen LogP contribution in [-0.4, -0.2) is 55.1 Å². The Labute approximate surface area is 205 Å². The van der Waals surface area contributed by atoms with Gasteiger partial charge in [0.05, 0.1) is 23.6 Å². The van der Waals surface area contributed by atoms with Crippen molar-refractivity contribution >= 4 is 16.9 Å². The van der Waals surface area contributed by atoms with Gasteiger partial charge in [0.2, 0.25) is 5.76 Å². The van der Waals surface area contributed by atoms with E-state index in [1.807, 2.05) is 25.1 Å². The molecule has 1 aromatic heterocycles. The van der Waals surface area contributed by atoms with Gasteiger partial charge in [0.15, 0.2) is 16.9 Å². The molecule has 3 aromatic rings. The number of carbonyl (C=O) groups is 1. The molecule has 7 heteroatoms. The minimum atomic E-state index is -0.582. The number of ether oxygens (including phenoxy) is 2. The molecule has 2 aromatic carbocycles. The van der Waals surface area contributed by atoms with Crippen LogP contribution in [0.3, 0.4) is 0 Å². The maximum Gasteiger partial charge on any atom is 0.290 e. The minimum absolute atomic E-state index is 0.114. The fraction of sp³-hybridized carbons (Fsp3) is 0.357. The van der Waals surface area contributed by atoms with Gasteiger partial charge in [0.25, 0.3) is 5.91 Å². The highest BCUT2D eigenvalue weighted by atomic mass is 16.5. The third kappa shape index (κ3) is 4.68. The lowest BCUT2D eigenvalue weighted by Gasteiger charge is -2.28. The Morgan fingerprint density at radius 2 is 1.83 bits per heavy atom. The Kier molecular flexibility index (Phi) is 7.56. The zero-order chi connectivity index (χ0) is 24.9. The third-order valence-corrected chi connectivity index (χ3v) is 6.36. The molecule has 0 aliphatic carbocycles. The standard InChI is InChI=1S/C28H32N2O5/c1-5-17-34-22-14-13-19(18-23(22)33-8-4)25-24-26(31)20-11-9-10-12-21(20)35-27(24)28(32)30(25)16-15-29(6-2)7-3/h5,9-14,18,25H,1,6-8,15-17H2,2-4H3. The number of hydrogen-bond acceptors (Lipinski definition) is 6. The van der Waals surface area contributed by atoms with Gasteiger partial charge in [-0.15, -0.1) is 0 Å². The molecule has 35 heavy (non-hydrogen) atoms. The van der Waals surface area contributed by atoms with Crippen LogP contribution < -0.4 is 14.9 Å². The van der Waals surface area contributed by atoms with Crippen LogP contribution in [0, 0.1) is 0 Å². The zero-order valence-corrected chi connectivity index (χ0v) is 20.6. The summed E-state index contributed by atoms with van der Waals surface area (Å²) < 4.78 is 17.6. The topological polar surface area (TPSA) is 72.2 Å². The summed E-state index contributed by atoms with van der Waals surface area (Å²) in [7, 11) is 0. The minimum Gasteiger partial charge on any atom is -0.490 e. The highest BCUT2D eigenvalue weighted by Gasteiger charge is 2.42. The van der Waals surface area contributed by atoms with E-state index in [4.69, 9.17) is 13.9 Å². The molecule has 4 rings (SSSR count). The molecule has 1 amide bonds. The number of para-hydroxylation sites is 1. The number of benzene rings is 2. The van der Waals surface area contributed by atoms with E-state index in [2.05, 4.69) is 25.3 Å². The Morgan fingerprint density at radius 3 is 2.54 bits per heavy atom. The molecule has 0 saturated carbocycles. The number of fused-ring (bicyclic) bond motifs is 2. The largest absolute Gasteiger partial charge is 0.490 e. The Bertz CT molecular complexity index is 1280. The summed E-state index contributed by atoms with van der Waals surface area (Å²) in [6, 6.07) is 12.0. The third-order valence-electron chi connectivity index (χ3n) is 6.36. The number of amides is 1. The van der Waals surface area contributed by atoms with Crippen molar-refractivity contribution in [1.82, 2.24) is 9.80 Å². The van der Waals surface area contributed by atoms with Crippen LogP contribution in [-0.2, 0) is 0 Å². The summed E-state index contributed by atoms with van der Waals surface area (Å²) >= 11 is 0. The van der Waals surface area contributed by atoms with E-state index in [1.165, 1.54) is 0 Å². The van der Waals surface area contributed by atoms with Crippen LogP contribution in [0.4, 0.5) is 0 Å². The van der Waals surface area contributed by atoms with Gasteiger partial charge >= 0.3 is 0 Å². The molecule has 0 saturated heterocycles. The molecule has 1 aliphatic heterocycles. The molecular formula is C28H32N2O5. The van der Waals surface area contributed by atoms with Crippen LogP contribution in [0.15, 0.2) is 64.3 Å². The summed E-state index contributed by atoms with van der Waals surface area (Å²) in [6.45, 7) is 13.5. The molecule has 1 atom stereocenters. The predicted octanol–water partition coefficient (Wildman–Crippen LogP) is 4.64. The highest BCUT2D eigenvalue weighted by molar-refractivity contribution is 5.99. The lowest BCUT2D eigenvalue weighted by atomic mass is 9.98. The molecule has 1 unspecified atom stereocenters. The lowest BCUT2D eigenvalue weighted by molar-refractivity contribution is 0.0708. The maximum atomic E-state index is 13.6. The van der Waals surface area contributed by atoms with Gasteiger partial charge in [-0.1, -0.05) is 44.7 Å². The number of likely N-dealkylation sites (N-methyl/N-ethyl adjacent to an activating group) is 1. The van der Waals surface area contributed by atoms with E-state index in [9.17, 15) is 9.59 Å². The Balaban J connectivity index is 1.85. The van der Waals surface area contributed by atoms with Crippen molar-refractivity contribution in [3.63, 3.8) is 0 Å². The van der Waals surface area contributed by atoms with Gasteiger partial charge in [-0.05, 0) is 49.8 Å². The molecule has 0 fully saturated rings. The lowest BCUT2D eigenvalue weighted by Crippen LogP contribution is -2.37. The molecule has 0 radical (unpaired) electrons. The quantitative estimate of drug-likeness (QED) is 0.376. The fourth-order valence-corrected chi connectivity index (χ4v) is 4.56. The van der Waals surface area contributed by atoms with Crippen LogP contribution in [0.5, 0.6) is 11.5 Å². The molecule has 1 aliphatic rings. The van der Waals surface area contributed by atoms with Crippen molar-refractivity contribution in [3.05, 3.63) is 82.2 Å². The number of nitrogens with zero attached hydrogens (tertiary/aromatic N) is 2. The SMILES string of the molecule is C=CCOc1ccc(C2c3c(oc4ccccc4c3=O)C(=O)N2CCN(CC)CC)cc1OCC. The molecule has 184 valence electrons. The second-order valence-corrected chi connectivity index (χ2v) is 8.34. The summed E-state index contributed by atoms with van der Waals surface area (Å²) in [5, 5.41) is 0.464. The summed E-state index contributed by atoms with van der Waals surface area (Å²) in [5.41, 5.74) is 1.37. The van der Waals surface area contributed by atoms with E-state index >= 15 is 0 Å². The zero-order valence-electron chi connectivity index (χ0n) is 20.6. The molecule has 0 bridgehead atoms. The van der Waals surface area contributed by atoms with E-state index in [1.54, 1.807) is 35.2 Å². The summed E-state index contributed by atoms with van der Waals surface area (Å²) in [4.78, 5) is 31.2. The van der Waals surface area contributed by atoms with Crippen molar-refractivity contribution in [3.8, 4) is 11.5 Å². The number of hydrogen-bond donors (Lipinski definition) is 0. The average molecular weight is 477 g/mol. The van der Waals surface area contributed by atoms with Crippen LogP contribution in [0.25, 0.3) is 11.0 Å². The first-order chi connectivity index (χ1) is 17.0. The van der Waals surface area contributed by atoms with Gasteiger partial charge in [-0.25, -0.2) is 0 Å². The molecule has 0 N–H and O–H groups in total. The van der Waals surface area contributed by atoms with Gasteiger partial charge < -0.3 is 23.7 Å². The van der Waals surface area contributed by atoms with Gasteiger partial charge in [-0.2, -0.15) is 0 Å². The number of rotatable bonds is 11. The Hall–Kier alpha value is -3.58. The van der Waals surface area contributed by atoms with Crippen molar-refractivity contribution in [2.45, 2.75) is 26.8 Å². The first-order valence-electron chi connectivity index (χ1n) is 12.1. The molecule has 7 nitrogen and oxygen atoms in total. The van der Waals surface area contributed by atoms with Gasteiger partial charge in [0, 0.05) is 13.1 Å². The van der Waals surface area contributed by atoms with E-state index in [-0.39, 0.29) is 17.1 Å². The highest BCUT2D eigenvalue weighted by Crippen LogP contribution is 2.41. The average Bonchev–Trinajstić information content (AvgIpc) is 3.16. The predicted molar refractivity (Wildman–Crippen MR) is 136 cm³/mol. The van der Waals surface area contributed by atoms with Crippen molar-refractivity contribution in [2.24, 2.45) is 0 Å².